The van der Waals surface area contributed by atoms with Crippen molar-refractivity contribution in [3.63, 3.8) is 0 Å². The van der Waals surface area contributed by atoms with E-state index >= 15 is 0 Å². The van der Waals surface area contributed by atoms with Crippen molar-refractivity contribution in [1.29, 1.82) is 0 Å². The Labute approximate surface area is 120 Å². The van der Waals surface area contributed by atoms with Gasteiger partial charge in [0.1, 0.15) is 4.90 Å². The monoisotopic (exact) mass is 298 g/mol. The van der Waals surface area contributed by atoms with Crippen LogP contribution in [-0.2, 0) is 14.8 Å². The third-order valence-electron chi connectivity index (χ3n) is 3.36. The fraction of sp³-hybridized carbons (Fsp3) is 0.571. The van der Waals surface area contributed by atoms with Gasteiger partial charge in [0, 0.05) is 19.7 Å². The van der Waals surface area contributed by atoms with Crippen molar-refractivity contribution in [2.24, 2.45) is 5.92 Å². The summed E-state index contributed by atoms with van der Waals surface area (Å²) in [5.41, 5.74) is 0.641. The molecule has 112 valence electrons. The van der Waals surface area contributed by atoms with E-state index in [1.54, 1.807) is 18.2 Å². The van der Waals surface area contributed by atoms with Gasteiger partial charge in [-0.2, -0.15) is 0 Å². The van der Waals surface area contributed by atoms with Crippen LogP contribution in [0, 0.1) is 5.92 Å². The topological polar surface area (TPSA) is 67.4 Å². The standard InChI is InChI=1S/C14H22N2O3S/c1-2-15-13-7-3-4-8-14(13)20(17,18)16-10-12-6-5-9-19-11-12/h3-4,7-8,12,15-16H,2,5-6,9-11H2,1H3. The van der Waals surface area contributed by atoms with Gasteiger partial charge < -0.3 is 10.1 Å². The Hall–Kier alpha value is -1.11. The molecule has 20 heavy (non-hydrogen) atoms. The van der Waals surface area contributed by atoms with Crippen LogP contribution >= 0.6 is 0 Å². The third-order valence-corrected chi connectivity index (χ3v) is 4.84. The Morgan fingerprint density at radius 1 is 1.35 bits per heavy atom. The molecule has 0 aliphatic carbocycles. The smallest absolute Gasteiger partial charge is 0.242 e. The zero-order valence-electron chi connectivity index (χ0n) is 11.8. The van der Waals surface area contributed by atoms with Crippen molar-refractivity contribution >= 4 is 15.7 Å². The summed E-state index contributed by atoms with van der Waals surface area (Å²) in [4.78, 5) is 0.304. The van der Waals surface area contributed by atoms with Crippen molar-refractivity contribution in [2.75, 3.05) is 31.6 Å². The molecule has 1 aromatic rings. The highest BCUT2D eigenvalue weighted by atomic mass is 32.2. The normalized spacial score (nSPS) is 19.8. The minimum atomic E-state index is -3.48. The second-order valence-electron chi connectivity index (χ2n) is 4.96. The molecule has 1 aliphatic rings. The minimum absolute atomic E-state index is 0.268. The highest BCUT2D eigenvalue weighted by molar-refractivity contribution is 7.89. The highest BCUT2D eigenvalue weighted by Gasteiger charge is 2.21. The van der Waals surface area contributed by atoms with Gasteiger partial charge in [0.25, 0.3) is 0 Å². The fourth-order valence-corrected chi connectivity index (χ4v) is 3.61. The third kappa shape index (κ3) is 3.94. The van der Waals surface area contributed by atoms with E-state index in [0.717, 1.165) is 19.4 Å². The van der Waals surface area contributed by atoms with Gasteiger partial charge in [-0.15, -0.1) is 0 Å². The van der Waals surface area contributed by atoms with Gasteiger partial charge in [0.05, 0.1) is 12.3 Å². The summed E-state index contributed by atoms with van der Waals surface area (Å²) in [7, 11) is -3.48. The molecule has 0 bridgehead atoms. The quantitative estimate of drug-likeness (QED) is 0.841. The second kappa shape index (κ2) is 7.06. The predicted molar refractivity (Wildman–Crippen MR) is 79.3 cm³/mol. The maximum atomic E-state index is 12.4. The summed E-state index contributed by atoms with van der Waals surface area (Å²) in [5, 5.41) is 3.08. The van der Waals surface area contributed by atoms with Crippen LogP contribution in [-0.4, -0.2) is 34.7 Å². The van der Waals surface area contributed by atoms with Gasteiger partial charge in [0.2, 0.25) is 10.0 Å². The van der Waals surface area contributed by atoms with Gasteiger partial charge in [-0.3, -0.25) is 0 Å². The number of sulfonamides is 1. The van der Waals surface area contributed by atoms with Crippen LogP contribution in [0.5, 0.6) is 0 Å². The molecule has 1 aromatic carbocycles. The average Bonchev–Trinajstić information content (AvgIpc) is 2.47. The molecule has 1 aliphatic heterocycles. The largest absolute Gasteiger partial charge is 0.384 e. The summed E-state index contributed by atoms with van der Waals surface area (Å²) >= 11 is 0. The SMILES string of the molecule is CCNc1ccccc1S(=O)(=O)NCC1CCCOC1. The number of anilines is 1. The summed E-state index contributed by atoms with van der Waals surface area (Å²) in [6.07, 6.45) is 2.01. The Morgan fingerprint density at radius 3 is 2.85 bits per heavy atom. The first-order valence-corrected chi connectivity index (χ1v) is 8.52. The Morgan fingerprint density at radius 2 is 2.15 bits per heavy atom. The van der Waals surface area contributed by atoms with Gasteiger partial charge in [-0.1, -0.05) is 12.1 Å². The predicted octanol–water partition coefficient (Wildman–Crippen LogP) is 1.82. The molecule has 0 saturated carbocycles. The molecular weight excluding hydrogens is 276 g/mol. The first-order chi connectivity index (χ1) is 9.63. The zero-order chi connectivity index (χ0) is 14.4. The van der Waals surface area contributed by atoms with E-state index in [2.05, 4.69) is 10.0 Å². The molecule has 1 fully saturated rings. The lowest BCUT2D eigenvalue weighted by atomic mass is 10.0. The maximum Gasteiger partial charge on any atom is 0.242 e. The molecule has 1 atom stereocenters. The van der Waals surface area contributed by atoms with Crippen LogP contribution in [0.2, 0.25) is 0 Å². The van der Waals surface area contributed by atoms with E-state index in [-0.39, 0.29) is 5.92 Å². The molecule has 0 spiro atoms. The second-order valence-corrected chi connectivity index (χ2v) is 6.70. The molecule has 0 radical (unpaired) electrons. The molecule has 6 heteroatoms. The van der Waals surface area contributed by atoms with Crippen molar-refractivity contribution in [1.82, 2.24) is 4.72 Å². The lowest BCUT2D eigenvalue weighted by molar-refractivity contribution is 0.0568. The van der Waals surface area contributed by atoms with E-state index < -0.39 is 10.0 Å². The lowest BCUT2D eigenvalue weighted by Crippen LogP contribution is -2.33. The maximum absolute atomic E-state index is 12.4. The Bertz CT molecular complexity index is 525. The zero-order valence-corrected chi connectivity index (χ0v) is 12.6. The van der Waals surface area contributed by atoms with Crippen molar-refractivity contribution < 1.29 is 13.2 Å². The fourth-order valence-electron chi connectivity index (χ4n) is 2.31. The van der Waals surface area contributed by atoms with E-state index in [1.165, 1.54) is 0 Å². The number of para-hydroxylation sites is 1. The molecule has 1 heterocycles. The average molecular weight is 298 g/mol. The summed E-state index contributed by atoms with van der Waals surface area (Å²) < 4.78 is 32.8. The molecular formula is C14H22N2O3S. The Kier molecular flexibility index (Phi) is 5.39. The van der Waals surface area contributed by atoms with E-state index in [0.29, 0.717) is 30.3 Å². The van der Waals surface area contributed by atoms with Gasteiger partial charge >= 0.3 is 0 Å². The van der Waals surface area contributed by atoms with Crippen LogP contribution in [0.15, 0.2) is 29.2 Å². The van der Waals surface area contributed by atoms with Gasteiger partial charge in [-0.05, 0) is 37.8 Å². The highest BCUT2D eigenvalue weighted by Crippen LogP contribution is 2.21. The number of ether oxygens (including phenoxy) is 1. The van der Waals surface area contributed by atoms with Crippen LogP contribution in [0.25, 0.3) is 0 Å². The number of nitrogens with one attached hydrogen (secondary N) is 2. The summed E-state index contributed by atoms with van der Waals surface area (Å²) in [6, 6.07) is 6.96. The van der Waals surface area contributed by atoms with E-state index in [1.807, 2.05) is 13.0 Å². The molecule has 0 amide bonds. The molecule has 5 nitrogen and oxygen atoms in total. The first kappa shape index (κ1) is 15.3. The van der Waals surface area contributed by atoms with Crippen LogP contribution in [0.3, 0.4) is 0 Å². The first-order valence-electron chi connectivity index (χ1n) is 7.04. The van der Waals surface area contributed by atoms with Crippen molar-refractivity contribution in [3.05, 3.63) is 24.3 Å². The molecule has 2 N–H and O–H groups in total. The molecule has 0 aromatic heterocycles. The van der Waals surface area contributed by atoms with Crippen molar-refractivity contribution in [3.8, 4) is 0 Å². The van der Waals surface area contributed by atoms with E-state index in [9.17, 15) is 8.42 Å². The molecule has 1 unspecified atom stereocenters. The van der Waals surface area contributed by atoms with Gasteiger partial charge in [-0.25, -0.2) is 13.1 Å². The summed E-state index contributed by atoms with van der Waals surface area (Å²) in [5.74, 6) is 0.268. The number of benzene rings is 1. The number of hydrogen-bond acceptors (Lipinski definition) is 4. The molecule has 1 saturated heterocycles. The Balaban J connectivity index is 2.05. The van der Waals surface area contributed by atoms with Crippen LogP contribution in [0.1, 0.15) is 19.8 Å². The van der Waals surface area contributed by atoms with E-state index in [4.69, 9.17) is 4.74 Å². The molecule has 2 rings (SSSR count). The minimum Gasteiger partial charge on any atom is -0.384 e. The lowest BCUT2D eigenvalue weighted by Gasteiger charge is -2.22. The number of rotatable bonds is 6. The van der Waals surface area contributed by atoms with Crippen molar-refractivity contribution in [2.45, 2.75) is 24.7 Å². The van der Waals surface area contributed by atoms with Crippen LogP contribution in [0.4, 0.5) is 5.69 Å². The van der Waals surface area contributed by atoms with Crippen LogP contribution < -0.4 is 10.0 Å². The number of hydrogen-bond donors (Lipinski definition) is 2. The summed E-state index contributed by atoms with van der Waals surface area (Å²) in [6.45, 7) is 4.48. The van der Waals surface area contributed by atoms with Gasteiger partial charge in [0.15, 0.2) is 0 Å².